The molecule has 0 aliphatic rings. The smallest absolute Gasteiger partial charge is 0.113 e. The lowest BCUT2D eigenvalue weighted by Crippen LogP contribution is -2.12. The maximum atomic E-state index is 5.96. The highest BCUT2D eigenvalue weighted by atomic mass is 15.1. The molecule has 0 spiro atoms. The number of nitrogens with zero attached hydrogens (tertiary/aromatic N) is 2. The van der Waals surface area contributed by atoms with Crippen LogP contribution in [-0.2, 0) is 13.0 Å². The van der Waals surface area contributed by atoms with E-state index in [0.717, 1.165) is 43.0 Å². The molecule has 3 N–H and O–H groups in total. The Morgan fingerprint density at radius 1 is 1.33 bits per heavy atom. The lowest BCUT2D eigenvalue weighted by molar-refractivity contribution is 0.594. The van der Waals surface area contributed by atoms with Crippen molar-refractivity contribution in [2.45, 2.75) is 19.4 Å². The number of nitrogens with one attached hydrogen (secondary N) is 1. The summed E-state index contributed by atoms with van der Waals surface area (Å²) >= 11 is 0. The molecule has 0 bridgehead atoms. The van der Waals surface area contributed by atoms with Crippen molar-refractivity contribution in [3.05, 3.63) is 48.0 Å². The number of hydrogen-bond donors (Lipinski definition) is 2. The molecular formula is C14H20N4. The number of rotatable bonds is 6. The monoisotopic (exact) mass is 244 g/mol. The van der Waals surface area contributed by atoms with Crippen LogP contribution in [0.15, 0.2) is 36.7 Å². The van der Waals surface area contributed by atoms with Gasteiger partial charge in [0.05, 0.1) is 0 Å². The van der Waals surface area contributed by atoms with Crippen molar-refractivity contribution in [3.63, 3.8) is 0 Å². The average Bonchev–Trinajstić information content (AvgIpc) is 2.80. The molecule has 1 aromatic heterocycles. The summed E-state index contributed by atoms with van der Waals surface area (Å²) in [6.45, 7) is 2.01. The largest absolute Gasteiger partial charge is 0.398 e. The van der Waals surface area contributed by atoms with Crippen LogP contribution < -0.4 is 11.1 Å². The zero-order valence-electron chi connectivity index (χ0n) is 10.8. The molecule has 2 rings (SSSR count). The number of imidazole rings is 1. The number of nitrogen functional groups attached to an aromatic ring is 1. The first-order valence-corrected chi connectivity index (χ1v) is 6.29. The van der Waals surface area contributed by atoms with Gasteiger partial charge in [0.1, 0.15) is 5.82 Å². The normalized spacial score (nSPS) is 10.7. The molecule has 0 aliphatic heterocycles. The van der Waals surface area contributed by atoms with Gasteiger partial charge in [0.25, 0.3) is 0 Å². The molecule has 0 saturated heterocycles. The van der Waals surface area contributed by atoms with Crippen molar-refractivity contribution >= 4 is 5.69 Å². The van der Waals surface area contributed by atoms with E-state index in [1.807, 2.05) is 37.6 Å². The van der Waals surface area contributed by atoms with E-state index < -0.39 is 0 Å². The topological polar surface area (TPSA) is 55.9 Å². The highest BCUT2D eigenvalue weighted by Crippen LogP contribution is 2.15. The molecular weight excluding hydrogens is 224 g/mol. The van der Waals surface area contributed by atoms with Crippen LogP contribution in [0.5, 0.6) is 0 Å². The molecule has 1 heterocycles. The highest BCUT2D eigenvalue weighted by molar-refractivity contribution is 5.47. The van der Waals surface area contributed by atoms with Gasteiger partial charge < -0.3 is 15.6 Å². The quantitative estimate of drug-likeness (QED) is 0.600. The first kappa shape index (κ1) is 12.6. The number of benzene rings is 1. The van der Waals surface area contributed by atoms with Gasteiger partial charge in [-0.1, -0.05) is 18.2 Å². The first-order chi connectivity index (χ1) is 8.81. The van der Waals surface area contributed by atoms with Crippen LogP contribution in [0, 0.1) is 0 Å². The summed E-state index contributed by atoms with van der Waals surface area (Å²) in [7, 11) is 1.97. The Morgan fingerprint density at radius 3 is 2.94 bits per heavy atom. The highest BCUT2D eigenvalue weighted by Gasteiger charge is 2.05. The van der Waals surface area contributed by atoms with E-state index >= 15 is 0 Å². The third-order valence-corrected chi connectivity index (χ3v) is 3.03. The number of aromatic nitrogens is 2. The van der Waals surface area contributed by atoms with Crippen LogP contribution in [-0.4, -0.2) is 23.1 Å². The lowest BCUT2D eigenvalue weighted by Gasteiger charge is -2.09. The minimum absolute atomic E-state index is 0.791. The number of nitrogens with two attached hydrogens (primary N) is 1. The van der Waals surface area contributed by atoms with Gasteiger partial charge in [0.15, 0.2) is 0 Å². The van der Waals surface area contributed by atoms with Gasteiger partial charge in [-0.25, -0.2) is 4.98 Å². The Bertz CT molecular complexity index is 490. The third-order valence-electron chi connectivity index (χ3n) is 3.03. The van der Waals surface area contributed by atoms with Gasteiger partial charge in [-0.3, -0.25) is 0 Å². The van der Waals surface area contributed by atoms with Crippen LogP contribution in [0.4, 0.5) is 5.69 Å². The summed E-state index contributed by atoms with van der Waals surface area (Å²) in [6, 6.07) is 7.96. The molecule has 96 valence electrons. The molecule has 0 radical (unpaired) electrons. The lowest BCUT2D eigenvalue weighted by atomic mass is 10.1. The molecule has 0 saturated carbocycles. The minimum atomic E-state index is 0.791. The van der Waals surface area contributed by atoms with Crippen LogP contribution >= 0.6 is 0 Å². The Balaban J connectivity index is 2.05. The van der Waals surface area contributed by atoms with E-state index in [1.165, 1.54) is 0 Å². The van der Waals surface area contributed by atoms with Gasteiger partial charge in [0.2, 0.25) is 0 Å². The first-order valence-electron chi connectivity index (χ1n) is 6.29. The van der Waals surface area contributed by atoms with Crippen molar-refractivity contribution in [3.8, 4) is 0 Å². The van der Waals surface area contributed by atoms with E-state index in [9.17, 15) is 0 Å². The van der Waals surface area contributed by atoms with Gasteiger partial charge in [-0.2, -0.15) is 0 Å². The van der Waals surface area contributed by atoms with E-state index in [1.54, 1.807) is 0 Å². The van der Waals surface area contributed by atoms with Crippen molar-refractivity contribution in [1.82, 2.24) is 14.9 Å². The molecule has 0 amide bonds. The summed E-state index contributed by atoms with van der Waals surface area (Å²) in [5, 5.41) is 3.15. The molecule has 0 atom stereocenters. The van der Waals surface area contributed by atoms with Crippen LogP contribution in [0.3, 0.4) is 0 Å². The fourth-order valence-corrected chi connectivity index (χ4v) is 2.00. The van der Waals surface area contributed by atoms with E-state index in [2.05, 4.69) is 20.9 Å². The van der Waals surface area contributed by atoms with E-state index in [-0.39, 0.29) is 0 Å². The second kappa shape index (κ2) is 6.21. The van der Waals surface area contributed by atoms with Crippen molar-refractivity contribution < 1.29 is 0 Å². The number of para-hydroxylation sites is 1. The third kappa shape index (κ3) is 3.11. The Hall–Kier alpha value is -1.81. The molecule has 1 aromatic carbocycles. The molecule has 2 aromatic rings. The fraction of sp³-hybridized carbons (Fsp3) is 0.357. The maximum Gasteiger partial charge on any atom is 0.113 e. The van der Waals surface area contributed by atoms with Crippen LogP contribution in [0.2, 0.25) is 0 Å². The predicted octanol–water partition coefficient (Wildman–Crippen LogP) is 1.67. The van der Waals surface area contributed by atoms with E-state index in [0.29, 0.717) is 0 Å². The molecule has 0 aliphatic carbocycles. The van der Waals surface area contributed by atoms with Gasteiger partial charge >= 0.3 is 0 Å². The fourth-order valence-electron chi connectivity index (χ4n) is 2.00. The van der Waals surface area contributed by atoms with Gasteiger partial charge in [0, 0.05) is 31.0 Å². The number of anilines is 1. The van der Waals surface area contributed by atoms with Gasteiger partial charge in [-0.15, -0.1) is 0 Å². The van der Waals surface area contributed by atoms with Crippen molar-refractivity contribution in [1.29, 1.82) is 0 Å². The zero-order chi connectivity index (χ0) is 12.8. The average molecular weight is 244 g/mol. The number of hydrogen-bond acceptors (Lipinski definition) is 3. The molecule has 0 unspecified atom stereocenters. The summed E-state index contributed by atoms with van der Waals surface area (Å²) in [5.74, 6) is 1.07. The predicted molar refractivity (Wildman–Crippen MR) is 74.4 cm³/mol. The second-order valence-corrected chi connectivity index (χ2v) is 4.37. The summed E-state index contributed by atoms with van der Waals surface area (Å²) in [5.41, 5.74) is 7.93. The molecule has 4 nitrogen and oxygen atoms in total. The van der Waals surface area contributed by atoms with Gasteiger partial charge in [-0.05, 0) is 31.6 Å². The molecule has 18 heavy (non-hydrogen) atoms. The van der Waals surface area contributed by atoms with Crippen LogP contribution in [0.25, 0.3) is 0 Å². The van der Waals surface area contributed by atoms with Crippen LogP contribution in [0.1, 0.15) is 17.8 Å². The summed E-state index contributed by atoms with van der Waals surface area (Å²) < 4.78 is 2.20. The summed E-state index contributed by atoms with van der Waals surface area (Å²) in [6.07, 6.45) is 5.78. The second-order valence-electron chi connectivity index (χ2n) is 4.37. The Kier molecular flexibility index (Phi) is 4.36. The maximum absolute atomic E-state index is 5.96. The zero-order valence-corrected chi connectivity index (χ0v) is 10.8. The van der Waals surface area contributed by atoms with E-state index in [4.69, 9.17) is 5.73 Å². The number of aryl methyl sites for hydroxylation is 1. The Morgan fingerprint density at radius 2 is 2.17 bits per heavy atom. The SMILES string of the molecule is CNCCCn1ccnc1Cc1ccccc1N. The van der Waals surface area contributed by atoms with Crippen molar-refractivity contribution in [2.75, 3.05) is 19.3 Å². The minimum Gasteiger partial charge on any atom is -0.398 e. The molecule has 4 heteroatoms. The Labute approximate surface area is 108 Å². The summed E-state index contributed by atoms with van der Waals surface area (Å²) in [4.78, 5) is 4.42. The standard InChI is InChI=1S/C14H20N4/c1-16-7-4-9-18-10-8-17-14(18)11-12-5-2-3-6-13(12)15/h2-3,5-6,8,10,16H,4,7,9,11,15H2,1H3. The molecule has 0 fully saturated rings. The van der Waals surface area contributed by atoms with Crippen molar-refractivity contribution in [2.24, 2.45) is 0 Å².